The topological polar surface area (TPSA) is 35.0 Å². The fraction of sp³-hybridized carbons (Fsp3) is 0.0667. The normalized spacial score (nSPS) is 10.6. The van der Waals surface area contributed by atoms with Gasteiger partial charge in [0, 0.05) is 5.02 Å². The Bertz CT molecular complexity index is 701. The number of benzene rings is 2. The van der Waals surface area contributed by atoms with Crippen molar-refractivity contribution in [1.82, 2.24) is 9.97 Å². The molecule has 0 bridgehead atoms. The van der Waals surface area contributed by atoms with Crippen molar-refractivity contribution in [2.75, 3.05) is 0 Å². The van der Waals surface area contributed by atoms with E-state index in [-0.39, 0.29) is 0 Å². The lowest BCUT2D eigenvalue weighted by atomic mass is 10.2. The van der Waals surface area contributed by atoms with E-state index in [2.05, 4.69) is 9.97 Å². The number of aromatic nitrogens is 2. The first-order valence-corrected chi connectivity index (χ1v) is 6.28. The number of halogens is 1. The molecule has 0 saturated carbocycles. The predicted octanol–water partition coefficient (Wildman–Crippen LogP) is 3.86. The fourth-order valence-electron chi connectivity index (χ4n) is 1.85. The Labute approximate surface area is 115 Å². The summed E-state index contributed by atoms with van der Waals surface area (Å²) in [6.45, 7) is 0.482. The number of nitrogens with zero attached hydrogens (tertiary/aromatic N) is 2. The Morgan fingerprint density at radius 1 is 1.00 bits per heavy atom. The maximum absolute atomic E-state index is 5.94. The van der Waals surface area contributed by atoms with Crippen LogP contribution in [-0.4, -0.2) is 9.97 Å². The van der Waals surface area contributed by atoms with E-state index in [0.29, 0.717) is 17.5 Å². The van der Waals surface area contributed by atoms with Crippen LogP contribution in [0.1, 0.15) is 5.56 Å². The molecule has 0 amide bonds. The maximum Gasteiger partial charge on any atom is 0.224 e. The van der Waals surface area contributed by atoms with Gasteiger partial charge in [-0.25, -0.2) is 9.97 Å². The highest BCUT2D eigenvalue weighted by molar-refractivity contribution is 6.31. The zero-order chi connectivity index (χ0) is 13.1. The standard InChI is InChI=1S/C15H11ClN2O/c16-12-6-7-13-14(8-12)17-10-18-15(13)19-9-11-4-2-1-3-5-11/h1-8,10H,9H2. The van der Waals surface area contributed by atoms with E-state index in [1.807, 2.05) is 42.5 Å². The van der Waals surface area contributed by atoms with Gasteiger partial charge in [0.15, 0.2) is 0 Å². The highest BCUT2D eigenvalue weighted by atomic mass is 35.5. The van der Waals surface area contributed by atoms with E-state index < -0.39 is 0 Å². The number of hydrogen-bond acceptors (Lipinski definition) is 3. The molecule has 2 aromatic carbocycles. The molecule has 0 saturated heterocycles. The second kappa shape index (κ2) is 5.24. The molecule has 94 valence electrons. The van der Waals surface area contributed by atoms with Gasteiger partial charge in [-0.2, -0.15) is 0 Å². The van der Waals surface area contributed by atoms with E-state index in [4.69, 9.17) is 16.3 Å². The second-order valence-corrected chi connectivity index (χ2v) is 4.55. The Morgan fingerprint density at radius 3 is 2.68 bits per heavy atom. The minimum atomic E-state index is 0.482. The molecule has 0 aliphatic rings. The first-order valence-electron chi connectivity index (χ1n) is 5.90. The lowest BCUT2D eigenvalue weighted by molar-refractivity contribution is 0.297. The van der Waals surface area contributed by atoms with Crippen LogP contribution in [0.4, 0.5) is 0 Å². The molecule has 1 heterocycles. The molecule has 3 nitrogen and oxygen atoms in total. The van der Waals surface area contributed by atoms with Crippen LogP contribution in [0.15, 0.2) is 54.9 Å². The highest BCUT2D eigenvalue weighted by Crippen LogP contribution is 2.24. The van der Waals surface area contributed by atoms with Crippen LogP contribution >= 0.6 is 11.6 Å². The minimum absolute atomic E-state index is 0.482. The largest absolute Gasteiger partial charge is 0.472 e. The van der Waals surface area contributed by atoms with Crippen molar-refractivity contribution in [3.8, 4) is 5.88 Å². The molecular formula is C15H11ClN2O. The third-order valence-electron chi connectivity index (χ3n) is 2.78. The summed E-state index contributed by atoms with van der Waals surface area (Å²) in [5.41, 5.74) is 1.88. The molecule has 0 aliphatic heterocycles. The SMILES string of the molecule is Clc1ccc2c(OCc3ccccc3)ncnc2c1. The molecule has 3 rings (SSSR count). The smallest absolute Gasteiger partial charge is 0.224 e. The maximum atomic E-state index is 5.94. The third kappa shape index (κ3) is 2.66. The molecule has 3 aromatic rings. The van der Waals surface area contributed by atoms with E-state index >= 15 is 0 Å². The summed E-state index contributed by atoms with van der Waals surface area (Å²) >= 11 is 5.94. The van der Waals surface area contributed by atoms with Crippen LogP contribution in [0.5, 0.6) is 5.88 Å². The zero-order valence-corrected chi connectivity index (χ0v) is 10.8. The molecule has 4 heteroatoms. The Hall–Kier alpha value is -2.13. The van der Waals surface area contributed by atoms with E-state index in [0.717, 1.165) is 16.5 Å². The minimum Gasteiger partial charge on any atom is -0.472 e. The second-order valence-electron chi connectivity index (χ2n) is 4.11. The van der Waals surface area contributed by atoms with Gasteiger partial charge in [0.05, 0.1) is 10.9 Å². The lowest BCUT2D eigenvalue weighted by Gasteiger charge is -2.07. The number of hydrogen-bond donors (Lipinski definition) is 0. The Morgan fingerprint density at radius 2 is 1.84 bits per heavy atom. The average molecular weight is 271 g/mol. The summed E-state index contributed by atoms with van der Waals surface area (Å²) < 4.78 is 5.75. The molecule has 0 N–H and O–H groups in total. The first kappa shape index (κ1) is 11.9. The fourth-order valence-corrected chi connectivity index (χ4v) is 2.01. The van der Waals surface area contributed by atoms with E-state index in [1.54, 1.807) is 6.07 Å². The van der Waals surface area contributed by atoms with Gasteiger partial charge in [-0.3, -0.25) is 0 Å². The third-order valence-corrected chi connectivity index (χ3v) is 3.02. The molecule has 1 aromatic heterocycles. The molecule has 0 atom stereocenters. The van der Waals surface area contributed by atoms with Gasteiger partial charge in [0.1, 0.15) is 12.9 Å². The van der Waals surface area contributed by atoms with E-state index in [1.165, 1.54) is 6.33 Å². The monoisotopic (exact) mass is 270 g/mol. The molecule has 0 spiro atoms. The van der Waals surface area contributed by atoms with Crippen LogP contribution in [0.25, 0.3) is 10.9 Å². The van der Waals surface area contributed by atoms with E-state index in [9.17, 15) is 0 Å². The van der Waals surface area contributed by atoms with Crippen molar-refractivity contribution in [3.05, 3.63) is 65.4 Å². The summed E-state index contributed by atoms with van der Waals surface area (Å²) in [6, 6.07) is 15.5. The molecule has 0 radical (unpaired) electrons. The van der Waals surface area contributed by atoms with Gasteiger partial charge in [0.25, 0.3) is 0 Å². The van der Waals surface area contributed by atoms with Gasteiger partial charge in [-0.1, -0.05) is 41.9 Å². The van der Waals surface area contributed by atoms with Gasteiger partial charge in [0.2, 0.25) is 5.88 Å². The lowest BCUT2D eigenvalue weighted by Crippen LogP contribution is -1.98. The molecule has 0 unspecified atom stereocenters. The molecule has 0 fully saturated rings. The van der Waals surface area contributed by atoms with Crippen LogP contribution in [0, 0.1) is 0 Å². The summed E-state index contributed by atoms with van der Waals surface area (Å²) in [5.74, 6) is 0.575. The number of ether oxygens (including phenoxy) is 1. The first-order chi connectivity index (χ1) is 9.33. The van der Waals surface area contributed by atoms with Crippen molar-refractivity contribution in [1.29, 1.82) is 0 Å². The quantitative estimate of drug-likeness (QED) is 0.725. The van der Waals surface area contributed by atoms with Crippen LogP contribution in [0.3, 0.4) is 0 Å². The van der Waals surface area contributed by atoms with Gasteiger partial charge >= 0.3 is 0 Å². The molecule has 0 aliphatic carbocycles. The summed E-state index contributed by atoms with van der Waals surface area (Å²) in [5, 5.41) is 1.52. The van der Waals surface area contributed by atoms with Crippen LogP contribution < -0.4 is 4.74 Å². The van der Waals surface area contributed by atoms with Gasteiger partial charge in [-0.05, 0) is 23.8 Å². The van der Waals surface area contributed by atoms with Crippen molar-refractivity contribution >= 4 is 22.5 Å². The average Bonchev–Trinajstić information content (AvgIpc) is 2.45. The van der Waals surface area contributed by atoms with Gasteiger partial charge < -0.3 is 4.74 Å². The zero-order valence-electron chi connectivity index (χ0n) is 10.1. The number of rotatable bonds is 3. The summed E-state index contributed by atoms with van der Waals surface area (Å²) in [7, 11) is 0. The van der Waals surface area contributed by atoms with Crippen molar-refractivity contribution in [2.24, 2.45) is 0 Å². The molecule has 19 heavy (non-hydrogen) atoms. The van der Waals surface area contributed by atoms with Crippen LogP contribution in [0.2, 0.25) is 5.02 Å². The van der Waals surface area contributed by atoms with Gasteiger partial charge in [-0.15, -0.1) is 0 Å². The van der Waals surface area contributed by atoms with Crippen molar-refractivity contribution in [3.63, 3.8) is 0 Å². The van der Waals surface area contributed by atoms with Crippen molar-refractivity contribution in [2.45, 2.75) is 6.61 Å². The summed E-state index contributed by atoms with van der Waals surface area (Å²) in [6.07, 6.45) is 1.49. The number of fused-ring (bicyclic) bond motifs is 1. The van der Waals surface area contributed by atoms with Crippen molar-refractivity contribution < 1.29 is 4.74 Å². The predicted molar refractivity (Wildman–Crippen MR) is 75.3 cm³/mol. The van der Waals surface area contributed by atoms with Crippen LogP contribution in [-0.2, 0) is 6.61 Å². The Balaban J connectivity index is 1.89. The summed E-state index contributed by atoms with van der Waals surface area (Å²) in [4.78, 5) is 8.36. The molecular weight excluding hydrogens is 260 g/mol. The Kier molecular flexibility index (Phi) is 3.29. The highest BCUT2D eigenvalue weighted by Gasteiger charge is 2.05.